The quantitative estimate of drug-likeness (QED) is 0.0623. The Balaban J connectivity index is 2.65. The Kier molecular flexibility index (Phi) is 14.9. The average Bonchev–Trinajstić information content (AvgIpc) is 2.84. The topological polar surface area (TPSA) is 36.9 Å². The normalized spacial score (nSPS) is 13.1. The van der Waals surface area contributed by atoms with Gasteiger partial charge in [0.05, 0.1) is 18.3 Å². The zero-order valence-electron chi connectivity index (χ0n) is 21.7. The Morgan fingerprint density at radius 2 is 1.17 bits per heavy atom. The number of hydrogen-bond acceptors (Lipinski definition) is 4. The third-order valence-electron chi connectivity index (χ3n) is 6.01. The summed E-state index contributed by atoms with van der Waals surface area (Å²) >= 11 is 0. The second-order valence-corrected chi connectivity index (χ2v) is 9.03. The zero-order valence-corrected chi connectivity index (χ0v) is 21.7. The molecule has 0 radical (unpaired) electrons. The first-order chi connectivity index (χ1) is 16.6. The molecule has 0 saturated heterocycles. The third kappa shape index (κ3) is 9.59. The summed E-state index contributed by atoms with van der Waals surface area (Å²) in [6, 6.07) is 0. The molecule has 0 amide bonds. The summed E-state index contributed by atoms with van der Waals surface area (Å²) in [5, 5.41) is 0. The standard InChI is InChI=1S/C26H41F5O4/c1-6-7-8-9-10-11-14-19(26(32-4,33-5)35-18(2)3)15-12-13-16-34-17-20-21(27)23(29)25(31)24(30)22(20)28/h18-19H,6-17H2,1-5H3. The summed E-state index contributed by atoms with van der Waals surface area (Å²) < 4.78 is 90.0. The molecule has 1 aromatic rings. The molecule has 0 aliphatic heterocycles. The fourth-order valence-electron chi connectivity index (χ4n) is 4.15. The Hall–Kier alpha value is -1.29. The van der Waals surface area contributed by atoms with Crippen molar-refractivity contribution in [2.45, 2.75) is 104 Å². The van der Waals surface area contributed by atoms with Crippen molar-refractivity contribution in [3.8, 4) is 0 Å². The van der Waals surface area contributed by atoms with Crippen molar-refractivity contribution in [1.82, 2.24) is 0 Å². The molecule has 0 aliphatic rings. The van der Waals surface area contributed by atoms with Crippen LogP contribution in [0.1, 0.15) is 90.5 Å². The molecule has 9 heteroatoms. The van der Waals surface area contributed by atoms with Crippen LogP contribution in [0.5, 0.6) is 0 Å². The Morgan fingerprint density at radius 3 is 1.69 bits per heavy atom. The number of halogens is 5. The SMILES string of the molecule is CCCCCCCCC(CCCCOCc1c(F)c(F)c(F)c(F)c1F)C(OC)(OC)OC(C)C. The molecule has 1 unspecified atom stereocenters. The highest BCUT2D eigenvalue weighted by Gasteiger charge is 2.41. The molecule has 1 rings (SSSR count). The highest BCUT2D eigenvalue weighted by atomic mass is 19.2. The molecule has 1 atom stereocenters. The minimum Gasteiger partial charge on any atom is -0.377 e. The summed E-state index contributed by atoms with van der Waals surface area (Å²) in [7, 11) is 3.10. The monoisotopic (exact) mass is 512 g/mol. The van der Waals surface area contributed by atoms with Crippen LogP contribution in [0.2, 0.25) is 0 Å². The van der Waals surface area contributed by atoms with E-state index in [1.54, 1.807) is 14.2 Å². The van der Waals surface area contributed by atoms with Crippen LogP contribution in [0.25, 0.3) is 0 Å². The maximum Gasteiger partial charge on any atom is 0.285 e. The number of methoxy groups -OCH3 is 2. The molecule has 0 saturated carbocycles. The highest BCUT2D eigenvalue weighted by Crippen LogP contribution is 2.34. The van der Waals surface area contributed by atoms with Gasteiger partial charge in [-0.1, -0.05) is 51.9 Å². The average molecular weight is 513 g/mol. The molecule has 4 nitrogen and oxygen atoms in total. The lowest BCUT2D eigenvalue weighted by Crippen LogP contribution is -2.46. The van der Waals surface area contributed by atoms with Crippen LogP contribution in [0, 0.1) is 35.0 Å². The number of unbranched alkanes of at least 4 members (excludes halogenated alkanes) is 6. The number of rotatable bonds is 19. The van der Waals surface area contributed by atoms with Gasteiger partial charge in [-0.05, 0) is 33.1 Å². The van der Waals surface area contributed by atoms with Gasteiger partial charge in [-0.3, -0.25) is 0 Å². The van der Waals surface area contributed by atoms with E-state index in [1.165, 1.54) is 25.7 Å². The van der Waals surface area contributed by atoms with E-state index in [0.717, 1.165) is 19.3 Å². The van der Waals surface area contributed by atoms with E-state index in [9.17, 15) is 22.0 Å². The van der Waals surface area contributed by atoms with E-state index >= 15 is 0 Å². The summed E-state index contributed by atoms with van der Waals surface area (Å²) in [5.74, 6) is -11.1. The van der Waals surface area contributed by atoms with Gasteiger partial charge in [-0.2, -0.15) is 0 Å². The fraction of sp³-hybridized carbons (Fsp3) is 0.769. The van der Waals surface area contributed by atoms with Gasteiger partial charge in [-0.15, -0.1) is 0 Å². The molecular weight excluding hydrogens is 471 g/mol. The van der Waals surface area contributed by atoms with Crippen molar-refractivity contribution in [3.63, 3.8) is 0 Å². The molecule has 1 aromatic carbocycles. The molecule has 0 bridgehead atoms. The summed E-state index contributed by atoms with van der Waals surface area (Å²) in [4.78, 5) is 0. The van der Waals surface area contributed by atoms with Crippen molar-refractivity contribution in [2.24, 2.45) is 5.92 Å². The van der Waals surface area contributed by atoms with E-state index in [1.807, 2.05) is 13.8 Å². The third-order valence-corrected chi connectivity index (χ3v) is 6.01. The number of hydrogen-bond donors (Lipinski definition) is 0. The van der Waals surface area contributed by atoms with E-state index < -0.39 is 47.2 Å². The van der Waals surface area contributed by atoms with Crippen LogP contribution in [-0.2, 0) is 25.6 Å². The smallest absolute Gasteiger partial charge is 0.285 e. The minimum atomic E-state index is -2.18. The van der Waals surface area contributed by atoms with Gasteiger partial charge in [0.1, 0.15) is 0 Å². The molecule has 204 valence electrons. The van der Waals surface area contributed by atoms with Gasteiger partial charge in [0.25, 0.3) is 5.97 Å². The second-order valence-electron chi connectivity index (χ2n) is 9.03. The fourth-order valence-corrected chi connectivity index (χ4v) is 4.15. The Labute approximate surface area is 206 Å². The van der Waals surface area contributed by atoms with E-state index in [4.69, 9.17) is 18.9 Å². The molecule has 0 fully saturated rings. The van der Waals surface area contributed by atoms with E-state index in [-0.39, 0.29) is 18.6 Å². The van der Waals surface area contributed by atoms with Crippen LogP contribution in [0.3, 0.4) is 0 Å². The van der Waals surface area contributed by atoms with Crippen molar-refractivity contribution < 1.29 is 40.9 Å². The molecule has 35 heavy (non-hydrogen) atoms. The van der Waals surface area contributed by atoms with Crippen molar-refractivity contribution in [2.75, 3.05) is 20.8 Å². The first-order valence-corrected chi connectivity index (χ1v) is 12.5. The van der Waals surface area contributed by atoms with Crippen LogP contribution >= 0.6 is 0 Å². The van der Waals surface area contributed by atoms with Gasteiger partial charge in [0, 0.05) is 26.7 Å². The van der Waals surface area contributed by atoms with Crippen LogP contribution in [-0.4, -0.2) is 32.9 Å². The van der Waals surface area contributed by atoms with Crippen LogP contribution in [0.15, 0.2) is 0 Å². The van der Waals surface area contributed by atoms with E-state index in [0.29, 0.717) is 19.3 Å². The zero-order chi connectivity index (χ0) is 26.4. The van der Waals surface area contributed by atoms with Gasteiger partial charge in [0.2, 0.25) is 5.82 Å². The van der Waals surface area contributed by atoms with Crippen molar-refractivity contribution in [3.05, 3.63) is 34.6 Å². The molecule has 0 aliphatic carbocycles. The molecule has 0 heterocycles. The van der Waals surface area contributed by atoms with E-state index in [2.05, 4.69) is 6.92 Å². The maximum atomic E-state index is 13.8. The highest BCUT2D eigenvalue weighted by molar-refractivity contribution is 5.23. The molecule has 0 N–H and O–H groups in total. The first kappa shape index (κ1) is 31.7. The first-order valence-electron chi connectivity index (χ1n) is 12.5. The summed E-state index contributed by atoms with van der Waals surface area (Å²) in [6.07, 6.45) is 9.51. The van der Waals surface area contributed by atoms with Crippen molar-refractivity contribution >= 4 is 0 Å². The second kappa shape index (κ2) is 16.5. The molecular formula is C26H41F5O4. The van der Waals surface area contributed by atoms with Gasteiger partial charge >= 0.3 is 0 Å². The van der Waals surface area contributed by atoms with Crippen LogP contribution in [0.4, 0.5) is 22.0 Å². The van der Waals surface area contributed by atoms with Gasteiger partial charge in [-0.25, -0.2) is 22.0 Å². The van der Waals surface area contributed by atoms with Gasteiger partial charge < -0.3 is 18.9 Å². The lowest BCUT2D eigenvalue weighted by Gasteiger charge is -2.39. The van der Waals surface area contributed by atoms with Crippen molar-refractivity contribution in [1.29, 1.82) is 0 Å². The number of benzene rings is 1. The predicted molar refractivity (Wildman–Crippen MR) is 124 cm³/mol. The lowest BCUT2D eigenvalue weighted by molar-refractivity contribution is -0.399. The molecule has 0 spiro atoms. The largest absolute Gasteiger partial charge is 0.377 e. The summed E-state index contributed by atoms with van der Waals surface area (Å²) in [5.41, 5.74) is -0.967. The molecule has 0 aromatic heterocycles. The van der Waals surface area contributed by atoms with Gasteiger partial charge in [0.15, 0.2) is 23.3 Å². The number of ether oxygens (including phenoxy) is 4. The lowest BCUT2D eigenvalue weighted by atomic mass is 9.92. The predicted octanol–water partition coefficient (Wildman–Crippen LogP) is 7.81. The Bertz CT molecular complexity index is 712. The minimum absolute atomic E-state index is 0.0544. The summed E-state index contributed by atoms with van der Waals surface area (Å²) in [6.45, 7) is 5.38. The maximum absolute atomic E-state index is 13.8. The van der Waals surface area contributed by atoms with Crippen LogP contribution < -0.4 is 0 Å². The Morgan fingerprint density at radius 1 is 0.686 bits per heavy atom.